The van der Waals surface area contributed by atoms with Gasteiger partial charge in [-0.1, -0.05) is 4.85 Å². The van der Waals surface area contributed by atoms with E-state index in [1.54, 1.807) is 19.2 Å². The highest BCUT2D eigenvalue weighted by atomic mass is 16.5. The zero-order chi connectivity index (χ0) is 10.1. The van der Waals surface area contributed by atoms with Gasteiger partial charge in [-0.05, 0) is 23.4 Å². The molecule has 0 aliphatic rings. The van der Waals surface area contributed by atoms with Gasteiger partial charge in [0.15, 0.2) is 0 Å². The molecule has 1 heterocycles. The van der Waals surface area contributed by atoms with E-state index in [9.17, 15) is 10.0 Å². The summed E-state index contributed by atoms with van der Waals surface area (Å²) >= 11 is 0. The van der Waals surface area contributed by atoms with Gasteiger partial charge in [0.1, 0.15) is 11.0 Å². The summed E-state index contributed by atoms with van der Waals surface area (Å²) in [6, 6.07) is 4.77. The summed E-state index contributed by atoms with van der Waals surface area (Å²) in [5.74, 6) is -0.215. The average Bonchev–Trinajstić information content (AvgIpc) is 2.59. The van der Waals surface area contributed by atoms with Crippen LogP contribution in [0.2, 0.25) is 0 Å². The third-order valence-corrected chi connectivity index (χ3v) is 1.92. The zero-order valence-electron chi connectivity index (χ0n) is 7.43. The van der Waals surface area contributed by atoms with Gasteiger partial charge >= 0.3 is 0 Å². The summed E-state index contributed by atoms with van der Waals surface area (Å²) in [4.78, 5) is 11.9. The molecule has 1 amide bonds. The van der Waals surface area contributed by atoms with E-state index in [0.717, 1.165) is 0 Å². The fraction of sp³-hybridized carbons (Fsp3) is 0.125. The van der Waals surface area contributed by atoms with Crippen molar-refractivity contribution in [3.63, 3.8) is 0 Å². The number of amides is 1. The lowest BCUT2D eigenvalue weighted by molar-refractivity contribution is 0.0963. The van der Waals surface area contributed by atoms with Crippen LogP contribution in [-0.4, -0.2) is 33.3 Å². The van der Waals surface area contributed by atoms with Crippen LogP contribution < -0.4 is 5.32 Å². The van der Waals surface area contributed by atoms with E-state index in [0.29, 0.717) is 21.4 Å². The number of aromatic nitrogens is 3. The predicted octanol–water partition coefficient (Wildman–Crippen LogP) is 0.0282. The van der Waals surface area contributed by atoms with Crippen LogP contribution in [0.3, 0.4) is 0 Å². The van der Waals surface area contributed by atoms with Gasteiger partial charge in [0.05, 0.1) is 0 Å². The molecule has 14 heavy (non-hydrogen) atoms. The highest BCUT2D eigenvalue weighted by Crippen LogP contribution is 2.11. The quantitative estimate of drug-likeness (QED) is 0.624. The van der Waals surface area contributed by atoms with Crippen molar-refractivity contribution in [3.05, 3.63) is 23.8 Å². The van der Waals surface area contributed by atoms with Crippen LogP contribution in [0.1, 0.15) is 10.4 Å². The van der Waals surface area contributed by atoms with E-state index in [1.165, 1.54) is 6.07 Å². The molecule has 0 aliphatic carbocycles. The van der Waals surface area contributed by atoms with E-state index in [-0.39, 0.29) is 5.91 Å². The van der Waals surface area contributed by atoms with Gasteiger partial charge in [-0.15, -0.1) is 5.10 Å². The van der Waals surface area contributed by atoms with Gasteiger partial charge in [0.25, 0.3) is 5.91 Å². The number of carbonyl (C=O) groups excluding carboxylic acids is 1. The molecule has 72 valence electrons. The smallest absolute Gasteiger partial charge is 0.251 e. The lowest BCUT2D eigenvalue weighted by Crippen LogP contribution is -2.17. The highest BCUT2D eigenvalue weighted by Gasteiger charge is 2.08. The van der Waals surface area contributed by atoms with Crippen LogP contribution in [0.15, 0.2) is 18.2 Å². The largest absolute Gasteiger partial charge is 0.410 e. The molecule has 0 atom stereocenters. The van der Waals surface area contributed by atoms with Crippen LogP contribution >= 0.6 is 0 Å². The van der Waals surface area contributed by atoms with E-state index in [2.05, 4.69) is 15.6 Å². The van der Waals surface area contributed by atoms with Gasteiger partial charge < -0.3 is 10.5 Å². The van der Waals surface area contributed by atoms with E-state index < -0.39 is 0 Å². The molecule has 0 saturated carbocycles. The van der Waals surface area contributed by atoms with Crippen molar-refractivity contribution in [2.75, 3.05) is 7.05 Å². The number of carbonyl (C=O) groups is 1. The number of nitrogens with zero attached hydrogens (tertiary/aromatic N) is 3. The standard InChI is InChI=1S/C8H8N4O2/c1-9-8(13)5-2-3-6-7(4-5)12(14)11-10-6/h2-4,14H,1H3,(H,9,13). The predicted molar refractivity (Wildman–Crippen MR) is 48.1 cm³/mol. The number of rotatable bonds is 1. The SMILES string of the molecule is CNC(=O)c1ccc2nnn(O)c2c1. The Hall–Kier alpha value is -2.11. The number of hydrogen-bond donors (Lipinski definition) is 2. The summed E-state index contributed by atoms with van der Waals surface area (Å²) in [7, 11) is 1.54. The maximum Gasteiger partial charge on any atom is 0.251 e. The lowest BCUT2D eigenvalue weighted by Gasteiger charge is -1.98. The normalized spacial score (nSPS) is 10.4. The summed E-state index contributed by atoms with van der Waals surface area (Å²) in [5, 5.41) is 18.8. The second kappa shape index (κ2) is 2.99. The number of benzene rings is 1. The van der Waals surface area contributed by atoms with Gasteiger partial charge in [-0.3, -0.25) is 4.79 Å². The van der Waals surface area contributed by atoms with Crippen molar-refractivity contribution >= 4 is 16.9 Å². The zero-order valence-corrected chi connectivity index (χ0v) is 7.43. The Morgan fingerprint density at radius 2 is 2.36 bits per heavy atom. The van der Waals surface area contributed by atoms with E-state index >= 15 is 0 Å². The minimum Gasteiger partial charge on any atom is -0.410 e. The first-order chi connectivity index (χ1) is 6.72. The van der Waals surface area contributed by atoms with E-state index in [1.807, 2.05) is 0 Å². The van der Waals surface area contributed by atoms with Crippen molar-refractivity contribution in [1.82, 2.24) is 20.5 Å². The monoisotopic (exact) mass is 192 g/mol. The van der Waals surface area contributed by atoms with Gasteiger partial charge in [0, 0.05) is 12.6 Å². The molecule has 1 aromatic carbocycles. The molecular weight excluding hydrogens is 184 g/mol. The molecule has 1 aromatic heterocycles. The minimum atomic E-state index is -0.215. The Morgan fingerprint density at radius 3 is 3.07 bits per heavy atom. The van der Waals surface area contributed by atoms with Crippen molar-refractivity contribution in [1.29, 1.82) is 0 Å². The first-order valence-corrected chi connectivity index (χ1v) is 3.99. The fourth-order valence-electron chi connectivity index (χ4n) is 1.19. The first-order valence-electron chi connectivity index (χ1n) is 3.99. The third-order valence-electron chi connectivity index (χ3n) is 1.92. The summed E-state index contributed by atoms with van der Waals surface area (Å²) < 4.78 is 0. The van der Waals surface area contributed by atoms with Crippen molar-refractivity contribution < 1.29 is 10.0 Å². The summed E-state index contributed by atoms with van der Waals surface area (Å²) in [5.41, 5.74) is 1.41. The lowest BCUT2D eigenvalue weighted by atomic mass is 10.2. The van der Waals surface area contributed by atoms with Crippen molar-refractivity contribution in [2.24, 2.45) is 0 Å². The second-order valence-electron chi connectivity index (χ2n) is 2.76. The molecule has 2 rings (SSSR count). The third kappa shape index (κ3) is 1.17. The van der Waals surface area contributed by atoms with Crippen LogP contribution in [0.5, 0.6) is 0 Å². The number of fused-ring (bicyclic) bond motifs is 1. The number of hydrogen-bond acceptors (Lipinski definition) is 4. The average molecular weight is 192 g/mol. The van der Waals surface area contributed by atoms with Crippen molar-refractivity contribution in [2.45, 2.75) is 0 Å². The first kappa shape index (κ1) is 8.49. The fourth-order valence-corrected chi connectivity index (χ4v) is 1.19. The van der Waals surface area contributed by atoms with Crippen molar-refractivity contribution in [3.8, 4) is 0 Å². The van der Waals surface area contributed by atoms with Crippen LogP contribution in [0.25, 0.3) is 11.0 Å². The molecule has 0 spiro atoms. The van der Waals surface area contributed by atoms with Crippen LogP contribution in [0.4, 0.5) is 0 Å². The Labute approximate surface area is 79.1 Å². The maximum atomic E-state index is 11.2. The van der Waals surface area contributed by atoms with E-state index in [4.69, 9.17) is 0 Å². The molecule has 2 N–H and O–H groups in total. The van der Waals surface area contributed by atoms with Gasteiger partial charge in [0.2, 0.25) is 0 Å². The number of nitrogens with one attached hydrogen (secondary N) is 1. The summed E-state index contributed by atoms with van der Waals surface area (Å²) in [6.07, 6.45) is 0. The Balaban J connectivity index is 2.60. The maximum absolute atomic E-state index is 11.2. The van der Waals surface area contributed by atoms with Crippen LogP contribution in [0, 0.1) is 0 Å². The molecule has 0 fully saturated rings. The molecule has 0 bridgehead atoms. The van der Waals surface area contributed by atoms with Gasteiger partial charge in [-0.2, -0.15) is 0 Å². The summed E-state index contributed by atoms with van der Waals surface area (Å²) in [6.45, 7) is 0. The Bertz CT molecular complexity index is 491. The molecule has 0 aliphatic heterocycles. The second-order valence-corrected chi connectivity index (χ2v) is 2.76. The topological polar surface area (TPSA) is 80.0 Å². The molecule has 0 unspecified atom stereocenters. The molecule has 0 saturated heterocycles. The molecule has 6 heteroatoms. The molecule has 0 radical (unpaired) electrons. The van der Waals surface area contributed by atoms with Gasteiger partial charge in [-0.25, -0.2) is 0 Å². The molecule has 2 aromatic rings. The Kier molecular flexibility index (Phi) is 1.81. The van der Waals surface area contributed by atoms with Crippen LogP contribution in [-0.2, 0) is 0 Å². The Morgan fingerprint density at radius 1 is 1.57 bits per heavy atom. The minimum absolute atomic E-state index is 0.215. The highest BCUT2D eigenvalue weighted by molar-refractivity contribution is 5.97. The molecular formula is C8H8N4O2. The molecule has 6 nitrogen and oxygen atoms in total.